The van der Waals surface area contributed by atoms with Crippen molar-refractivity contribution < 1.29 is 0 Å². The Morgan fingerprint density at radius 2 is 0.462 bits per heavy atom. The number of fused-ring (bicyclic) bond motifs is 12. The van der Waals surface area contributed by atoms with E-state index in [9.17, 15) is 5.26 Å². The van der Waals surface area contributed by atoms with Gasteiger partial charge in [-0.15, -0.1) is 0 Å². The lowest BCUT2D eigenvalue weighted by Crippen LogP contribution is -2.17. The molecule has 0 unspecified atom stereocenters. The maximum Gasteiger partial charge on any atom is 0.168 e. The minimum absolute atomic E-state index is 0.435. The van der Waals surface area contributed by atoms with Crippen molar-refractivity contribution in [2.24, 2.45) is 0 Å². The quantitative estimate of drug-likeness (QED) is 0.159. The lowest BCUT2D eigenvalue weighted by atomic mass is 9.97. The van der Waals surface area contributed by atoms with Gasteiger partial charge in [-0.25, -0.2) is 15.0 Å². The highest BCUT2D eigenvalue weighted by Crippen LogP contribution is 2.51. The topological polar surface area (TPSA) is 82.2 Å². The monoisotopic (exact) mass is 994 g/mol. The van der Waals surface area contributed by atoms with Gasteiger partial charge in [-0.1, -0.05) is 206 Å². The largest absolute Gasteiger partial charge is 0.306 e. The minimum atomic E-state index is 0.435. The lowest BCUT2D eigenvalue weighted by Gasteiger charge is -2.28. The standard InChI is InChI=1S/C70H42N8/c71-43-54-64(75-55-35-15-7-27-46(55)47-28-8-16-36-56(47)75)66(77-59-39-19-11-31-50(59)51-32-12-20-40-60(51)77)63(70-73-68(44-23-3-1-4-24-44)72-69(74-70)45-25-5-2-6-26-45)67(78-61-41-21-13-33-52(61)53-34-14-22-42-62(53)78)65(54)76-57-37-17-9-29-48(57)49-30-10-18-38-58(49)76/h1-42H. The highest BCUT2D eigenvalue weighted by Gasteiger charge is 2.36. The van der Waals surface area contributed by atoms with E-state index in [0.29, 0.717) is 40.0 Å². The first-order valence-electron chi connectivity index (χ1n) is 26.2. The van der Waals surface area contributed by atoms with Gasteiger partial charge in [0.2, 0.25) is 0 Å². The van der Waals surface area contributed by atoms with E-state index in [4.69, 9.17) is 15.0 Å². The van der Waals surface area contributed by atoms with Crippen LogP contribution in [0.1, 0.15) is 5.56 Å². The van der Waals surface area contributed by atoms with Gasteiger partial charge in [0.15, 0.2) is 17.5 Å². The smallest absolute Gasteiger partial charge is 0.168 e. The van der Waals surface area contributed by atoms with Crippen LogP contribution in [0, 0.1) is 11.3 Å². The Labute approximate surface area is 446 Å². The van der Waals surface area contributed by atoms with E-state index in [1.54, 1.807) is 0 Å². The zero-order valence-corrected chi connectivity index (χ0v) is 41.8. The summed E-state index contributed by atoms with van der Waals surface area (Å²) in [7, 11) is 0. The molecule has 0 amide bonds. The van der Waals surface area contributed by atoms with Gasteiger partial charge >= 0.3 is 0 Å². The Kier molecular flexibility index (Phi) is 9.53. The van der Waals surface area contributed by atoms with Crippen molar-refractivity contribution in [2.75, 3.05) is 0 Å². The zero-order chi connectivity index (χ0) is 51.4. The van der Waals surface area contributed by atoms with E-state index in [0.717, 1.165) is 110 Å². The van der Waals surface area contributed by atoms with Gasteiger partial charge < -0.3 is 18.3 Å². The molecule has 0 spiro atoms. The number of rotatable bonds is 7. The summed E-state index contributed by atoms with van der Waals surface area (Å²) in [5, 5.41) is 21.4. The van der Waals surface area contributed by atoms with Crippen molar-refractivity contribution >= 4 is 87.2 Å². The molecule has 0 radical (unpaired) electrons. The Morgan fingerprint density at radius 1 is 0.244 bits per heavy atom. The SMILES string of the molecule is N#Cc1c(-n2c3ccccc3c3ccccc32)c(-n2c3ccccc3c3ccccc32)c(-c2nc(-c3ccccc3)nc(-c3ccccc3)n2)c(-n2c3ccccc3c3ccccc32)c1-n1c2ccccc2c2ccccc21. The Morgan fingerprint density at radius 3 is 0.718 bits per heavy atom. The molecule has 16 rings (SSSR count). The maximum atomic E-state index is 12.9. The molecule has 8 heteroatoms. The molecule has 0 aliphatic carbocycles. The van der Waals surface area contributed by atoms with Crippen molar-refractivity contribution in [3.63, 3.8) is 0 Å². The van der Waals surface area contributed by atoms with Gasteiger partial charge in [-0.3, -0.25) is 0 Å². The summed E-state index contributed by atoms with van der Waals surface area (Å²) < 4.78 is 9.41. The van der Waals surface area contributed by atoms with Crippen LogP contribution in [-0.4, -0.2) is 33.2 Å². The molecule has 5 heterocycles. The van der Waals surface area contributed by atoms with E-state index in [1.807, 2.05) is 36.4 Å². The average molecular weight is 995 g/mol. The number of nitriles is 1. The van der Waals surface area contributed by atoms with Gasteiger partial charge in [0, 0.05) is 54.2 Å². The number of aromatic nitrogens is 7. The van der Waals surface area contributed by atoms with Crippen LogP contribution >= 0.6 is 0 Å². The summed E-state index contributed by atoms with van der Waals surface area (Å²) in [5.74, 6) is 1.47. The van der Waals surface area contributed by atoms with Crippen LogP contribution < -0.4 is 0 Å². The third-order valence-electron chi connectivity index (χ3n) is 15.6. The van der Waals surface area contributed by atoms with Crippen molar-refractivity contribution in [1.29, 1.82) is 5.26 Å². The van der Waals surface area contributed by atoms with Crippen LogP contribution in [0.4, 0.5) is 0 Å². The second-order valence-corrected chi connectivity index (χ2v) is 19.8. The highest BCUT2D eigenvalue weighted by molar-refractivity contribution is 6.17. The summed E-state index contributed by atoms with van der Waals surface area (Å²) >= 11 is 0. The Hall–Kier alpha value is -10.9. The van der Waals surface area contributed by atoms with Crippen LogP contribution in [0.2, 0.25) is 0 Å². The van der Waals surface area contributed by atoms with Gasteiger partial charge in [0.05, 0.1) is 72.4 Å². The number of nitrogens with zero attached hydrogens (tertiary/aromatic N) is 8. The Bertz CT molecular complexity index is 4640. The van der Waals surface area contributed by atoms with Gasteiger partial charge in [0.1, 0.15) is 11.6 Å². The summed E-state index contributed by atoms with van der Waals surface area (Å²) in [6.07, 6.45) is 0. The Balaban J connectivity index is 1.27. The molecular weight excluding hydrogens is 953 g/mol. The molecule has 8 nitrogen and oxygen atoms in total. The van der Waals surface area contributed by atoms with Crippen molar-refractivity contribution in [1.82, 2.24) is 33.2 Å². The van der Waals surface area contributed by atoms with E-state index < -0.39 is 0 Å². The molecule has 0 atom stereocenters. The fourth-order valence-electron chi connectivity index (χ4n) is 12.5. The average Bonchev–Trinajstić information content (AvgIpc) is 4.30. The third kappa shape index (κ3) is 6.24. The normalized spacial score (nSPS) is 11.8. The summed E-state index contributed by atoms with van der Waals surface area (Å²) in [6, 6.07) is 92.0. The van der Waals surface area contributed by atoms with E-state index in [1.165, 1.54) is 0 Å². The maximum absolute atomic E-state index is 12.9. The van der Waals surface area contributed by atoms with E-state index in [2.05, 4.69) is 243 Å². The fraction of sp³-hybridized carbons (Fsp3) is 0. The predicted molar refractivity (Wildman–Crippen MR) is 318 cm³/mol. The predicted octanol–water partition coefficient (Wildman–Crippen LogP) is 17.1. The number of hydrogen-bond donors (Lipinski definition) is 0. The fourth-order valence-corrected chi connectivity index (χ4v) is 12.5. The second kappa shape index (κ2) is 17.1. The summed E-state index contributed by atoms with van der Waals surface area (Å²) in [4.78, 5) is 16.8. The third-order valence-corrected chi connectivity index (χ3v) is 15.6. The van der Waals surface area contributed by atoms with E-state index >= 15 is 0 Å². The molecule has 11 aromatic carbocycles. The van der Waals surface area contributed by atoms with Crippen LogP contribution in [0.25, 0.3) is 144 Å². The minimum Gasteiger partial charge on any atom is -0.306 e. The molecular formula is C70H42N8. The van der Waals surface area contributed by atoms with Gasteiger partial charge in [-0.05, 0) is 48.5 Å². The van der Waals surface area contributed by atoms with Crippen LogP contribution in [0.5, 0.6) is 0 Å². The first-order chi connectivity index (χ1) is 38.7. The molecule has 78 heavy (non-hydrogen) atoms. The zero-order valence-electron chi connectivity index (χ0n) is 41.8. The summed E-state index contributed by atoms with van der Waals surface area (Å²) in [6.45, 7) is 0. The molecule has 0 aliphatic heterocycles. The van der Waals surface area contributed by atoms with Crippen LogP contribution in [-0.2, 0) is 0 Å². The van der Waals surface area contributed by atoms with Crippen LogP contribution in [0.3, 0.4) is 0 Å². The molecule has 0 bridgehead atoms. The van der Waals surface area contributed by atoms with Gasteiger partial charge in [-0.2, -0.15) is 5.26 Å². The number of benzene rings is 11. The number of para-hydroxylation sites is 8. The number of hydrogen-bond acceptors (Lipinski definition) is 4. The molecule has 0 fully saturated rings. The molecule has 0 saturated carbocycles. The van der Waals surface area contributed by atoms with Crippen LogP contribution in [0.15, 0.2) is 255 Å². The first-order valence-corrected chi connectivity index (χ1v) is 26.2. The molecule has 16 aromatic rings. The highest BCUT2D eigenvalue weighted by atomic mass is 15.1. The molecule has 0 N–H and O–H groups in total. The van der Waals surface area contributed by atoms with Gasteiger partial charge in [0.25, 0.3) is 0 Å². The molecule has 0 saturated heterocycles. The summed E-state index contributed by atoms with van der Waals surface area (Å²) in [5.41, 5.74) is 13.3. The second-order valence-electron chi connectivity index (χ2n) is 19.8. The first kappa shape index (κ1) is 43.5. The lowest BCUT2D eigenvalue weighted by molar-refractivity contribution is 1.01. The molecule has 5 aromatic heterocycles. The molecule has 0 aliphatic rings. The van der Waals surface area contributed by atoms with Crippen molar-refractivity contribution in [3.05, 3.63) is 260 Å². The van der Waals surface area contributed by atoms with Crippen molar-refractivity contribution in [2.45, 2.75) is 0 Å². The van der Waals surface area contributed by atoms with E-state index in [-0.39, 0.29) is 0 Å². The van der Waals surface area contributed by atoms with Crippen molar-refractivity contribution in [3.8, 4) is 63.0 Å². The molecule has 362 valence electrons.